The molecule has 1 aliphatic rings. The molecular weight excluding hydrogens is 433 g/mol. The zero-order chi connectivity index (χ0) is 23.6. The van der Waals surface area contributed by atoms with E-state index in [0.717, 1.165) is 36.0 Å². The van der Waals surface area contributed by atoms with Crippen molar-refractivity contribution in [2.24, 2.45) is 5.92 Å². The third-order valence-corrected chi connectivity index (χ3v) is 5.98. The Labute approximate surface area is 189 Å². The molecule has 0 saturated carbocycles. The van der Waals surface area contributed by atoms with Gasteiger partial charge in [-0.15, -0.1) is 0 Å². The lowest BCUT2D eigenvalue weighted by molar-refractivity contribution is -0.137. The molecule has 1 atom stereocenters. The van der Waals surface area contributed by atoms with Gasteiger partial charge in [0.05, 0.1) is 12.2 Å². The molecule has 3 aromatic carbocycles. The number of β-amino-alcohol motifs (C(OH)–C–C–N with tert-alkyl or cyclic N) is 1. The molecule has 174 valence electrons. The lowest BCUT2D eigenvalue weighted by atomic mass is 9.92. The van der Waals surface area contributed by atoms with Gasteiger partial charge in [-0.1, -0.05) is 12.1 Å². The second-order valence-corrected chi connectivity index (χ2v) is 8.32. The van der Waals surface area contributed by atoms with E-state index in [9.17, 15) is 18.0 Å². The van der Waals surface area contributed by atoms with Crippen LogP contribution in [0.2, 0.25) is 0 Å². The molecular formula is C25H25F3N2O3. The molecule has 5 nitrogen and oxygen atoms in total. The highest BCUT2D eigenvalue weighted by Crippen LogP contribution is 2.34. The maximum Gasteiger partial charge on any atom is 0.416 e. The molecule has 1 fully saturated rings. The van der Waals surface area contributed by atoms with Crippen LogP contribution in [0.4, 0.5) is 13.2 Å². The summed E-state index contributed by atoms with van der Waals surface area (Å²) in [6.07, 6.45) is -4.40. The Morgan fingerprint density at radius 1 is 1.15 bits per heavy atom. The number of aliphatic hydroxyl groups is 1. The molecule has 1 unspecified atom stereocenters. The molecule has 0 bridgehead atoms. The van der Waals surface area contributed by atoms with E-state index < -0.39 is 11.7 Å². The number of nitrogens with zero attached hydrogens (tertiary/aromatic N) is 1. The number of hydrogen-bond donors (Lipinski definition) is 2. The molecule has 1 aliphatic heterocycles. The van der Waals surface area contributed by atoms with Crippen molar-refractivity contribution in [2.45, 2.75) is 19.1 Å². The molecule has 2 N–H and O–H groups in total. The Hall–Kier alpha value is -3.10. The number of amides is 1. The summed E-state index contributed by atoms with van der Waals surface area (Å²) < 4.78 is 44.1. The van der Waals surface area contributed by atoms with Crippen molar-refractivity contribution in [3.63, 3.8) is 0 Å². The highest BCUT2D eigenvalue weighted by molar-refractivity contribution is 6.00. The predicted octanol–water partition coefficient (Wildman–Crippen LogP) is 4.69. The number of likely N-dealkylation sites (tertiary alicyclic amines) is 1. The number of hydrogen-bond acceptors (Lipinski definition) is 4. The fourth-order valence-electron chi connectivity index (χ4n) is 3.98. The number of carbonyl (C=O) groups excluding carboxylic acids is 1. The zero-order valence-electron chi connectivity index (χ0n) is 18.1. The minimum atomic E-state index is -4.40. The van der Waals surface area contributed by atoms with E-state index in [1.54, 1.807) is 30.3 Å². The number of aliphatic hydroxyl groups excluding tert-OH is 1. The van der Waals surface area contributed by atoms with Crippen LogP contribution >= 0.6 is 0 Å². The van der Waals surface area contributed by atoms with Crippen LogP contribution in [0.15, 0.2) is 60.7 Å². The molecule has 0 aliphatic carbocycles. The first-order chi connectivity index (χ1) is 15.7. The van der Waals surface area contributed by atoms with Crippen LogP contribution < -0.4 is 10.1 Å². The predicted molar refractivity (Wildman–Crippen MR) is 119 cm³/mol. The van der Waals surface area contributed by atoms with Gasteiger partial charge in [-0.3, -0.25) is 4.79 Å². The van der Waals surface area contributed by atoms with E-state index in [1.807, 2.05) is 13.0 Å². The number of rotatable bonds is 7. The van der Waals surface area contributed by atoms with Crippen LogP contribution in [0.5, 0.6) is 11.5 Å². The summed E-state index contributed by atoms with van der Waals surface area (Å²) in [5, 5.41) is 13.6. The maximum absolute atomic E-state index is 12.8. The topological polar surface area (TPSA) is 61.8 Å². The van der Waals surface area contributed by atoms with Gasteiger partial charge >= 0.3 is 6.18 Å². The normalized spacial score (nSPS) is 15.8. The van der Waals surface area contributed by atoms with Crippen LogP contribution in [-0.4, -0.2) is 48.2 Å². The van der Waals surface area contributed by atoms with Gasteiger partial charge < -0.3 is 20.1 Å². The van der Waals surface area contributed by atoms with Gasteiger partial charge in [0.25, 0.3) is 5.91 Å². The van der Waals surface area contributed by atoms with Crippen LogP contribution in [0, 0.1) is 5.92 Å². The molecule has 8 heteroatoms. The van der Waals surface area contributed by atoms with Crippen LogP contribution in [-0.2, 0) is 6.18 Å². The fraction of sp³-hybridized carbons (Fsp3) is 0.320. The van der Waals surface area contributed by atoms with Gasteiger partial charge in [-0.25, -0.2) is 0 Å². The number of alkyl halides is 3. The van der Waals surface area contributed by atoms with Crippen molar-refractivity contribution in [2.75, 3.05) is 26.2 Å². The van der Waals surface area contributed by atoms with E-state index in [1.165, 1.54) is 12.1 Å². The first kappa shape index (κ1) is 23.1. The van der Waals surface area contributed by atoms with Gasteiger partial charge in [-0.05, 0) is 60.8 Å². The molecule has 0 aromatic heterocycles. The van der Waals surface area contributed by atoms with Gasteiger partial charge in [0.2, 0.25) is 0 Å². The Morgan fingerprint density at radius 3 is 2.55 bits per heavy atom. The van der Waals surface area contributed by atoms with Crippen molar-refractivity contribution in [1.29, 1.82) is 0 Å². The molecule has 0 spiro atoms. The van der Waals surface area contributed by atoms with Crippen LogP contribution in [0.1, 0.15) is 22.8 Å². The first-order valence-corrected chi connectivity index (χ1v) is 10.8. The maximum atomic E-state index is 12.8. The Bertz CT molecular complexity index is 1130. The summed E-state index contributed by atoms with van der Waals surface area (Å²) >= 11 is 0. The second-order valence-electron chi connectivity index (χ2n) is 8.32. The van der Waals surface area contributed by atoms with Gasteiger partial charge in [-0.2, -0.15) is 13.2 Å². The number of nitrogens with one attached hydrogen (secondary N) is 1. The Balaban J connectivity index is 1.45. The molecule has 4 rings (SSSR count). The van der Waals surface area contributed by atoms with Crippen molar-refractivity contribution >= 4 is 16.7 Å². The minimum absolute atomic E-state index is 0.0116. The fourth-order valence-corrected chi connectivity index (χ4v) is 3.98. The standard InChI is InChI=1S/C25H25F3N2O3/c1-16(19-14-30(15-19)11-12-31)29-24(32)18-5-10-22-17(13-18)3-2-4-23(22)33-21-8-6-20(7-9-21)25(26,27)28/h2-10,13,16,19,31H,11-12,14-15H2,1H3,(H,29,32). The Morgan fingerprint density at radius 2 is 1.88 bits per heavy atom. The SMILES string of the molecule is CC(NC(=O)c1ccc2c(Oc3ccc(C(F)(F)F)cc3)cccc2c1)C1CN(CCO)C1. The molecule has 1 heterocycles. The van der Waals surface area contributed by atoms with E-state index in [4.69, 9.17) is 9.84 Å². The lowest BCUT2D eigenvalue weighted by Gasteiger charge is -2.42. The monoisotopic (exact) mass is 458 g/mol. The van der Waals surface area contributed by atoms with Crippen molar-refractivity contribution in [3.05, 3.63) is 71.8 Å². The van der Waals surface area contributed by atoms with Gasteiger partial charge in [0.15, 0.2) is 0 Å². The van der Waals surface area contributed by atoms with E-state index in [0.29, 0.717) is 29.5 Å². The average Bonchev–Trinajstić information content (AvgIpc) is 2.75. The summed E-state index contributed by atoms with van der Waals surface area (Å²) in [6, 6.07) is 15.2. The number of benzene rings is 3. The second kappa shape index (κ2) is 9.41. The van der Waals surface area contributed by atoms with Crippen molar-refractivity contribution in [1.82, 2.24) is 10.2 Å². The third kappa shape index (κ3) is 5.29. The van der Waals surface area contributed by atoms with Crippen molar-refractivity contribution in [3.8, 4) is 11.5 Å². The van der Waals surface area contributed by atoms with E-state index in [-0.39, 0.29) is 18.6 Å². The number of fused-ring (bicyclic) bond motifs is 1. The smallest absolute Gasteiger partial charge is 0.416 e. The highest BCUT2D eigenvalue weighted by Gasteiger charge is 2.31. The zero-order valence-corrected chi connectivity index (χ0v) is 18.1. The quantitative estimate of drug-likeness (QED) is 0.539. The summed E-state index contributed by atoms with van der Waals surface area (Å²) in [5.41, 5.74) is -0.215. The average molecular weight is 458 g/mol. The third-order valence-electron chi connectivity index (χ3n) is 5.98. The molecule has 0 radical (unpaired) electrons. The van der Waals surface area contributed by atoms with Gasteiger partial charge in [0.1, 0.15) is 11.5 Å². The number of halogens is 3. The molecule has 1 amide bonds. The van der Waals surface area contributed by atoms with Crippen LogP contribution in [0.25, 0.3) is 10.8 Å². The lowest BCUT2D eigenvalue weighted by Crippen LogP contribution is -2.56. The molecule has 33 heavy (non-hydrogen) atoms. The van der Waals surface area contributed by atoms with Gasteiger partial charge in [0, 0.05) is 42.5 Å². The number of ether oxygens (including phenoxy) is 1. The Kier molecular flexibility index (Phi) is 6.58. The minimum Gasteiger partial charge on any atom is -0.457 e. The van der Waals surface area contributed by atoms with E-state index in [2.05, 4.69) is 10.2 Å². The summed E-state index contributed by atoms with van der Waals surface area (Å²) in [6.45, 7) is 4.47. The molecule has 3 aromatic rings. The van der Waals surface area contributed by atoms with Crippen molar-refractivity contribution < 1.29 is 27.8 Å². The highest BCUT2D eigenvalue weighted by atomic mass is 19.4. The summed E-state index contributed by atoms with van der Waals surface area (Å²) in [4.78, 5) is 14.9. The van der Waals surface area contributed by atoms with E-state index >= 15 is 0 Å². The number of carbonyl (C=O) groups is 1. The first-order valence-electron chi connectivity index (χ1n) is 10.8. The summed E-state index contributed by atoms with van der Waals surface area (Å²) in [5.74, 6) is 0.969. The largest absolute Gasteiger partial charge is 0.457 e. The van der Waals surface area contributed by atoms with Crippen LogP contribution in [0.3, 0.4) is 0 Å². The summed E-state index contributed by atoms with van der Waals surface area (Å²) in [7, 11) is 0. The molecule has 1 saturated heterocycles.